The molecule has 1 aromatic rings. The van der Waals surface area contributed by atoms with Gasteiger partial charge in [-0.15, -0.1) is 5.73 Å². The molecule has 0 aliphatic heterocycles. The monoisotopic (exact) mass is 420 g/mol. The molecule has 9 heteroatoms. The molecule has 7 nitrogen and oxygen atoms in total. The van der Waals surface area contributed by atoms with Crippen LogP contribution in [0.3, 0.4) is 0 Å². The minimum atomic E-state index is -0.435. The first-order valence-electron chi connectivity index (χ1n) is 8.26. The number of halogens is 2. The Morgan fingerprint density at radius 2 is 1.93 bits per heavy atom. The molecule has 1 aromatic carbocycles. The van der Waals surface area contributed by atoms with Crippen LogP contribution in [0.5, 0.6) is 0 Å². The predicted molar refractivity (Wildman–Crippen MR) is 109 cm³/mol. The summed E-state index contributed by atoms with van der Waals surface area (Å²) in [6, 6.07) is 4.74. The highest BCUT2D eigenvalue weighted by Gasteiger charge is 2.12. The third-order valence-electron chi connectivity index (χ3n) is 3.49. The van der Waals surface area contributed by atoms with Crippen molar-refractivity contribution in [1.29, 1.82) is 0 Å². The highest BCUT2D eigenvalue weighted by molar-refractivity contribution is 6.36. The first-order valence-corrected chi connectivity index (χ1v) is 9.02. The van der Waals surface area contributed by atoms with E-state index in [9.17, 15) is 14.4 Å². The van der Waals surface area contributed by atoms with E-state index in [1.165, 1.54) is 19.1 Å². The first-order chi connectivity index (χ1) is 13.2. The third-order valence-corrected chi connectivity index (χ3v) is 4.04. The van der Waals surface area contributed by atoms with Crippen LogP contribution in [0.15, 0.2) is 52.5 Å². The highest BCUT2D eigenvalue weighted by Crippen LogP contribution is 2.25. The highest BCUT2D eigenvalue weighted by atomic mass is 35.5. The maximum absolute atomic E-state index is 12.1. The summed E-state index contributed by atoms with van der Waals surface area (Å²) in [5, 5.41) is 9.98. The summed E-state index contributed by atoms with van der Waals surface area (Å²) in [6.45, 7) is 3.01. The van der Waals surface area contributed by atoms with Gasteiger partial charge in [0.2, 0.25) is 11.8 Å². The van der Waals surface area contributed by atoms with Crippen LogP contribution >= 0.6 is 23.2 Å². The van der Waals surface area contributed by atoms with Crippen LogP contribution in [-0.2, 0) is 14.4 Å². The summed E-state index contributed by atoms with van der Waals surface area (Å²) in [6.07, 6.45) is 3.50. The Hall–Kier alpha value is -2.86. The molecule has 1 aliphatic rings. The van der Waals surface area contributed by atoms with E-state index in [1.807, 2.05) is 0 Å². The van der Waals surface area contributed by atoms with E-state index in [-0.39, 0.29) is 18.2 Å². The predicted octanol–water partition coefficient (Wildman–Crippen LogP) is 3.32. The molecule has 0 unspecified atom stereocenters. The molecule has 0 atom stereocenters. The van der Waals surface area contributed by atoms with Gasteiger partial charge in [-0.25, -0.2) is 5.43 Å². The largest absolute Gasteiger partial charge is 0.326 e. The molecule has 3 N–H and O–H groups in total. The van der Waals surface area contributed by atoms with Gasteiger partial charge in [0.25, 0.3) is 5.91 Å². The fraction of sp³-hybridized carbons (Fsp3) is 0.211. The molecule has 0 aromatic heterocycles. The van der Waals surface area contributed by atoms with E-state index in [0.717, 1.165) is 0 Å². The molecule has 2 rings (SSSR count). The van der Waals surface area contributed by atoms with E-state index in [0.29, 0.717) is 39.1 Å². The fourth-order valence-corrected chi connectivity index (χ4v) is 2.67. The molecule has 0 saturated carbocycles. The number of nitrogens with zero attached hydrogens (tertiary/aromatic N) is 1. The molecule has 1 aliphatic carbocycles. The SMILES string of the molecule is CC(=O)NC1=CCC(C(=O)N/N=C(\C)CC(=O)Nc2ccc(Cl)cc2Cl)=C=C1. The lowest BCUT2D eigenvalue weighted by Crippen LogP contribution is -2.24. The van der Waals surface area contributed by atoms with E-state index in [2.05, 4.69) is 26.9 Å². The van der Waals surface area contributed by atoms with Crippen LogP contribution in [0.4, 0.5) is 5.69 Å². The van der Waals surface area contributed by atoms with Gasteiger partial charge in [0, 0.05) is 35.9 Å². The fourth-order valence-electron chi connectivity index (χ4n) is 2.21. The minimum absolute atomic E-state index is 0.0271. The van der Waals surface area contributed by atoms with Crippen molar-refractivity contribution in [3.05, 3.63) is 57.4 Å². The van der Waals surface area contributed by atoms with Crippen LogP contribution in [0.2, 0.25) is 10.0 Å². The average Bonchev–Trinajstić information content (AvgIpc) is 2.62. The zero-order valence-corrected chi connectivity index (χ0v) is 16.7. The minimum Gasteiger partial charge on any atom is -0.326 e. The molecule has 0 radical (unpaired) electrons. The summed E-state index contributed by atoms with van der Waals surface area (Å²) in [4.78, 5) is 35.2. The Morgan fingerprint density at radius 3 is 2.54 bits per heavy atom. The van der Waals surface area contributed by atoms with Crippen LogP contribution in [-0.4, -0.2) is 23.4 Å². The first kappa shape index (κ1) is 21.4. The van der Waals surface area contributed by atoms with Crippen LogP contribution in [0.25, 0.3) is 0 Å². The van der Waals surface area contributed by atoms with Gasteiger partial charge in [-0.1, -0.05) is 29.3 Å². The number of hydrazone groups is 1. The van der Waals surface area contributed by atoms with Gasteiger partial charge in [0.1, 0.15) is 0 Å². The van der Waals surface area contributed by atoms with Crippen molar-refractivity contribution >= 4 is 52.3 Å². The molecule has 0 bridgehead atoms. The summed E-state index contributed by atoms with van der Waals surface area (Å²) in [5.74, 6) is -0.968. The molecule has 0 heterocycles. The number of carbonyl (C=O) groups excluding carboxylic acids is 3. The summed E-state index contributed by atoms with van der Waals surface area (Å²) in [5.41, 5.74) is 6.98. The molecule has 28 heavy (non-hydrogen) atoms. The number of hydrogen-bond donors (Lipinski definition) is 3. The number of nitrogens with one attached hydrogen (secondary N) is 3. The molecular formula is C19H18Cl2N4O3. The zero-order valence-electron chi connectivity index (χ0n) is 15.2. The van der Waals surface area contributed by atoms with Gasteiger partial charge in [0.15, 0.2) is 0 Å². The number of benzene rings is 1. The van der Waals surface area contributed by atoms with Gasteiger partial charge in [0.05, 0.1) is 22.7 Å². The van der Waals surface area contributed by atoms with Crippen molar-refractivity contribution in [2.24, 2.45) is 5.10 Å². The Kier molecular flexibility index (Phi) is 7.58. The van der Waals surface area contributed by atoms with E-state index >= 15 is 0 Å². The smallest absolute Gasteiger partial charge is 0.275 e. The summed E-state index contributed by atoms with van der Waals surface area (Å²) >= 11 is 11.8. The van der Waals surface area contributed by atoms with Crippen molar-refractivity contribution in [1.82, 2.24) is 10.7 Å². The van der Waals surface area contributed by atoms with Gasteiger partial charge >= 0.3 is 0 Å². The molecular weight excluding hydrogens is 403 g/mol. The number of anilines is 1. The lowest BCUT2D eigenvalue weighted by molar-refractivity contribution is -0.118. The second-order valence-corrected chi connectivity index (χ2v) is 6.79. The second-order valence-electron chi connectivity index (χ2n) is 5.95. The molecule has 0 saturated heterocycles. The topological polar surface area (TPSA) is 99.7 Å². The quantitative estimate of drug-likeness (QED) is 0.373. The standard InChI is InChI=1S/C19H18Cl2N4O3/c1-11(9-18(27)23-17-8-5-14(20)10-16(17)21)24-25-19(28)13-3-6-15(7-4-13)22-12(2)26/h5-8,10H,3,9H2,1-2H3,(H,22,26)(H,23,27)(H,25,28)/b24-11+. The van der Waals surface area contributed by atoms with Gasteiger partial charge < -0.3 is 10.6 Å². The van der Waals surface area contributed by atoms with Crippen molar-refractivity contribution in [3.8, 4) is 0 Å². The Morgan fingerprint density at radius 1 is 1.18 bits per heavy atom. The zero-order chi connectivity index (χ0) is 20.7. The number of hydrogen-bond acceptors (Lipinski definition) is 4. The van der Waals surface area contributed by atoms with Crippen molar-refractivity contribution < 1.29 is 14.4 Å². The summed E-state index contributed by atoms with van der Waals surface area (Å²) in [7, 11) is 0. The van der Waals surface area contributed by atoms with Crippen molar-refractivity contribution in [3.63, 3.8) is 0 Å². The van der Waals surface area contributed by atoms with Crippen molar-refractivity contribution in [2.45, 2.75) is 26.7 Å². The molecule has 0 fully saturated rings. The lowest BCUT2D eigenvalue weighted by Gasteiger charge is -2.09. The Bertz CT molecular complexity index is 944. The average molecular weight is 421 g/mol. The van der Waals surface area contributed by atoms with Crippen LogP contribution in [0.1, 0.15) is 26.7 Å². The number of allylic oxidation sites excluding steroid dienone is 2. The Labute approximate surface area is 172 Å². The molecule has 146 valence electrons. The third kappa shape index (κ3) is 6.70. The summed E-state index contributed by atoms with van der Waals surface area (Å²) < 4.78 is 0. The van der Waals surface area contributed by atoms with Crippen LogP contribution < -0.4 is 16.1 Å². The molecule has 0 spiro atoms. The normalized spacial score (nSPS) is 13.4. The maximum atomic E-state index is 12.1. The lowest BCUT2D eigenvalue weighted by atomic mass is 10.1. The van der Waals surface area contributed by atoms with Crippen molar-refractivity contribution in [2.75, 3.05) is 5.32 Å². The number of rotatable bonds is 6. The van der Waals surface area contributed by atoms with Gasteiger partial charge in [-0.3, -0.25) is 14.4 Å². The van der Waals surface area contributed by atoms with E-state index < -0.39 is 5.91 Å². The number of amides is 3. The van der Waals surface area contributed by atoms with Crippen LogP contribution in [0, 0.1) is 0 Å². The Balaban J connectivity index is 1.88. The maximum Gasteiger partial charge on any atom is 0.275 e. The molecule has 3 amide bonds. The van der Waals surface area contributed by atoms with E-state index in [4.69, 9.17) is 23.2 Å². The van der Waals surface area contributed by atoms with E-state index in [1.54, 1.807) is 25.1 Å². The van der Waals surface area contributed by atoms with Gasteiger partial charge in [-0.05, 0) is 25.1 Å². The number of carbonyl (C=O) groups is 3. The van der Waals surface area contributed by atoms with Gasteiger partial charge in [-0.2, -0.15) is 5.10 Å². The second kappa shape index (κ2) is 9.90.